The minimum Gasteiger partial charge on any atom is -0.510 e. The molecule has 1 rings (SSSR count). The number of rotatable bonds is 0. The van der Waals surface area contributed by atoms with E-state index in [2.05, 4.69) is 4.99 Å². The summed E-state index contributed by atoms with van der Waals surface area (Å²) in [6, 6.07) is 1.27. The van der Waals surface area contributed by atoms with Crippen LogP contribution in [0.3, 0.4) is 0 Å². The van der Waals surface area contributed by atoms with Gasteiger partial charge in [-0.2, -0.15) is 0 Å². The first-order chi connectivity index (χ1) is 3.00. The van der Waals surface area contributed by atoms with Gasteiger partial charge in [-0.1, -0.05) is 0 Å². The third-order valence-corrected chi connectivity index (χ3v) is 1.79. The summed E-state index contributed by atoms with van der Waals surface area (Å²) in [6.45, 7) is 1.13. The molecule has 0 atom stereocenters. The Hall–Kier alpha value is -0.313. The third kappa shape index (κ3) is 0.823. The normalized spacial score (nSPS) is 24.0. The molecule has 0 unspecified atom stereocenters. The van der Waals surface area contributed by atoms with E-state index in [0.717, 1.165) is 6.54 Å². The second-order valence-electron chi connectivity index (χ2n) is 1.30. The van der Waals surface area contributed by atoms with Crippen molar-refractivity contribution in [3.8, 4) is 0 Å². The van der Waals surface area contributed by atoms with Gasteiger partial charge in [0.25, 0.3) is 0 Å². The summed E-state index contributed by atoms with van der Waals surface area (Å²) in [6.07, 6.45) is 1.70. The van der Waals surface area contributed by atoms with Crippen molar-refractivity contribution < 1.29 is 9.42 Å². The van der Waals surface area contributed by atoms with Gasteiger partial charge in [-0.25, -0.2) is 4.99 Å². The van der Waals surface area contributed by atoms with Crippen LogP contribution in [0.15, 0.2) is 0 Å². The molecule has 3 heteroatoms. The fraction of sp³-hybridized carbons (Fsp3) is 0.667. The number of hydrogen-bond acceptors (Lipinski definition) is 1. The van der Waals surface area contributed by atoms with Crippen LogP contribution < -0.4 is 4.99 Å². The van der Waals surface area contributed by atoms with Gasteiger partial charge in [0.15, 0.2) is 0 Å². The molecule has 34 valence electrons. The second-order valence-corrected chi connectivity index (χ2v) is 2.75. The molecule has 1 aliphatic rings. The van der Waals surface area contributed by atoms with E-state index in [0.29, 0.717) is 0 Å². The minimum absolute atomic E-state index is 0.110. The van der Waals surface area contributed by atoms with Crippen LogP contribution in [0.4, 0.5) is 0 Å². The Labute approximate surface area is 39.2 Å². The van der Waals surface area contributed by atoms with E-state index < -0.39 is 0 Å². The molecule has 0 fully saturated rings. The maximum absolute atomic E-state index is 4.97. The molecule has 0 spiro atoms. The van der Waals surface area contributed by atoms with E-state index in [-0.39, 0.29) is 9.76 Å². The van der Waals surface area contributed by atoms with Gasteiger partial charge in [0.1, 0.15) is 6.54 Å². The third-order valence-electron chi connectivity index (χ3n) is 0.750. The molecule has 1 aliphatic heterocycles. The highest BCUT2D eigenvalue weighted by Crippen LogP contribution is 1.71. The van der Waals surface area contributed by atoms with Crippen molar-refractivity contribution in [2.24, 2.45) is 0 Å². The zero-order chi connectivity index (χ0) is 4.24. The average molecular weight is 102 g/mol. The first-order valence-electron chi connectivity index (χ1n) is 2.17. The van der Waals surface area contributed by atoms with Crippen LogP contribution in [0.25, 0.3) is 0 Å². The second kappa shape index (κ2) is 1.97. The molecule has 0 bridgehead atoms. The van der Waals surface area contributed by atoms with Crippen molar-refractivity contribution in [3.05, 3.63) is 0 Å². The standard InChI is InChI=1S/C3H7NOSi/c1-2-6-5-3-4-1/h3H,1-2,6H2/p+1. The molecule has 1 N–H and O–H groups in total. The Morgan fingerprint density at radius 2 is 2.83 bits per heavy atom. The predicted octanol–water partition coefficient (Wildman–Crippen LogP) is -2.37. The highest BCUT2D eigenvalue weighted by atomic mass is 28.2. The van der Waals surface area contributed by atoms with Gasteiger partial charge in [-0.3, -0.25) is 0 Å². The molecule has 0 saturated carbocycles. The van der Waals surface area contributed by atoms with Crippen LogP contribution in [0, 0.1) is 0 Å². The summed E-state index contributed by atoms with van der Waals surface area (Å²) in [5, 5.41) is 0. The van der Waals surface area contributed by atoms with Crippen molar-refractivity contribution in [3.63, 3.8) is 0 Å². The zero-order valence-electron chi connectivity index (χ0n) is 3.61. The summed E-state index contributed by atoms with van der Waals surface area (Å²) in [5.74, 6) is 0. The van der Waals surface area contributed by atoms with E-state index in [1.54, 1.807) is 6.40 Å². The molecule has 0 aliphatic carbocycles. The van der Waals surface area contributed by atoms with Crippen molar-refractivity contribution in [1.29, 1.82) is 0 Å². The summed E-state index contributed by atoms with van der Waals surface area (Å²) in [4.78, 5) is 2.97. The maximum atomic E-state index is 4.97. The lowest BCUT2D eigenvalue weighted by Crippen LogP contribution is -2.71. The van der Waals surface area contributed by atoms with Crippen LogP contribution in [-0.2, 0) is 4.43 Å². The molecule has 0 radical (unpaired) electrons. The van der Waals surface area contributed by atoms with Gasteiger partial charge in [0, 0.05) is 6.04 Å². The van der Waals surface area contributed by atoms with Gasteiger partial charge in [-0.05, 0) is 0 Å². The van der Waals surface area contributed by atoms with Gasteiger partial charge in [-0.15, -0.1) is 0 Å². The lowest BCUT2D eigenvalue weighted by Gasteiger charge is -1.95. The Balaban J connectivity index is 2.26. The van der Waals surface area contributed by atoms with E-state index in [9.17, 15) is 0 Å². The molecule has 0 saturated heterocycles. The molecular weight excluding hydrogens is 94.1 g/mol. The molecule has 0 aromatic rings. The predicted molar refractivity (Wildman–Crippen MR) is 26.3 cm³/mol. The maximum Gasteiger partial charge on any atom is 0.308 e. The summed E-state index contributed by atoms with van der Waals surface area (Å²) >= 11 is 0. The molecule has 2 nitrogen and oxygen atoms in total. The fourth-order valence-corrected chi connectivity index (χ4v) is 1.19. The fourth-order valence-electron chi connectivity index (χ4n) is 0.434. The quantitative estimate of drug-likeness (QED) is 0.339. The van der Waals surface area contributed by atoms with Crippen molar-refractivity contribution >= 4 is 16.2 Å². The van der Waals surface area contributed by atoms with Gasteiger partial charge >= 0.3 is 6.40 Å². The lowest BCUT2D eigenvalue weighted by molar-refractivity contribution is -0.457. The van der Waals surface area contributed by atoms with E-state index in [1.807, 2.05) is 0 Å². The lowest BCUT2D eigenvalue weighted by atomic mass is 10.8. The first kappa shape index (κ1) is 3.86. The van der Waals surface area contributed by atoms with Crippen LogP contribution in [0.5, 0.6) is 0 Å². The Morgan fingerprint density at radius 1 is 1.83 bits per heavy atom. The SMILES string of the molecule is C1=[NH+]CC[SiH2]O1. The van der Waals surface area contributed by atoms with Gasteiger partial charge in [0.2, 0.25) is 9.76 Å². The molecule has 0 aromatic carbocycles. The average Bonchev–Trinajstić information content (AvgIpc) is 1.72. The van der Waals surface area contributed by atoms with Crippen molar-refractivity contribution in [2.75, 3.05) is 6.54 Å². The zero-order valence-corrected chi connectivity index (χ0v) is 5.02. The highest BCUT2D eigenvalue weighted by molar-refractivity contribution is 6.29. The van der Waals surface area contributed by atoms with Crippen molar-refractivity contribution in [1.82, 2.24) is 0 Å². The smallest absolute Gasteiger partial charge is 0.308 e. The Bertz CT molecular complexity index is 55.8. The Kier molecular flexibility index (Phi) is 1.27. The minimum atomic E-state index is -0.110. The van der Waals surface area contributed by atoms with Crippen LogP contribution in [0.1, 0.15) is 0 Å². The first-order valence-corrected chi connectivity index (χ1v) is 3.74. The van der Waals surface area contributed by atoms with Gasteiger partial charge < -0.3 is 4.43 Å². The van der Waals surface area contributed by atoms with Crippen LogP contribution in [0.2, 0.25) is 6.04 Å². The number of hydrogen-bond donors (Lipinski definition) is 1. The molecule has 0 amide bonds. The summed E-state index contributed by atoms with van der Waals surface area (Å²) in [7, 11) is -0.110. The van der Waals surface area contributed by atoms with Crippen molar-refractivity contribution in [2.45, 2.75) is 6.04 Å². The van der Waals surface area contributed by atoms with E-state index in [1.165, 1.54) is 6.04 Å². The van der Waals surface area contributed by atoms with E-state index >= 15 is 0 Å². The number of nitrogens with one attached hydrogen (secondary N) is 1. The molecular formula is C3H8NOSi+. The van der Waals surface area contributed by atoms with Crippen LogP contribution >= 0.6 is 0 Å². The highest BCUT2D eigenvalue weighted by Gasteiger charge is 1.95. The largest absolute Gasteiger partial charge is 0.510 e. The van der Waals surface area contributed by atoms with E-state index in [4.69, 9.17) is 4.43 Å². The monoisotopic (exact) mass is 102 g/mol. The summed E-state index contributed by atoms with van der Waals surface area (Å²) < 4.78 is 4.97. The topological polar surface area (TPSA) is 23.2 Å². The summed E-state index contributed by atoms with van der Waals surface area (Å²) in [5.41, 5.74) is 0. The molecule has 1 heterocycles. The molecule has 0 aromatic heterocycles. The van der Waals surface area contributed by atoms with Gasteiger partial charge in [0.05, 0.1) is 0 Å². The van der Waals surface area contributed by atoms with Crippen LogP contribution in [-0.4, -0.2) is 22.7 Å². The molecule has 6 heavy (non-hydrogen) atoms. The Morgan fingerprint density at radius 3 is 3.00 bits per heavy atom.